The van der Waals surface area contributed by atoms with Crippen LogP contribution in [0.1, 0.15) is 53.9 Å². The molecule has 3 aliphatic heterocycles. The summed E-state index contributed by atoms with van der Waals surface area (Å²) in [6.07, 6.45) is 1.68. The van der Waals surface area contributed by atoms with Crippen molar-refractivity contribution < 1.29 is 24.2 Å². The molecule has 1 aromatic carbocycles. The van der Waals surface area contributed by atoms with Crippen molar-refractivity contribution in [2.75, 3.05) is 11.9 Å². The van der Waals surface area contributed by atoms with Crippen LogP contribution < -0.4 is 10.6 Å². The third-order valence-electron chi connectivity index (χ3n) is 7.43. The molecule has 0 aliphatic carbocycles. The zero-order chi connectivity index (χ0) is 24.2. The van der Waals surface area contributed by atoms with E-state index in [1.807, 2.05) is 45.9 Å². The molecule has 3 saturated heterocycles. The van der Waals surface area contributed by atoms with Crippen molar-refractivity contribution in [1.82, 2.24) is 10.2 Å². The summed E-state index contributed by atoms with van der Waals surface area (Å²) < 4.78 is 6.67. The first kappa shape index (κ1) is 23.7. The standard InChI is InChI=1S/C25H35N3O5/c1-6-24-12-13-25(33-24)18(17(24)20(30)26-16-10-8-7-9-11-16)22(32)28(15(2)14-29)19(25)21(31)27-23(3,4)5/h7-11,15,17-19,29H,6,12-14H2,1-5H3,(H,26,30)(H,27,31)/t15-,17+,18+,19?,24-,25?/m1/s1. The number of aliphatic hydroxyl groups excluding tert-OH is 1. The molecule has 0 saturated carbocycles. The van der Waals surface area contributed by atoms with E-state index in [2.05, 4.69) is 10.6 Å². The Balaban J connectivity index is 1.77. The number of para-hydroxylation sites is 1. The zero-order valence-corrected chi connectivity index (χ0v) is 20.1. The van der Waals surface area contributed by atoms with Crippen molar-refractivity contribution >= 4 is 23.4 Å². The van der Waals surface area contributed by atoms with Gasteiger partial charge in [0.1, 0.15) is 11.6 Å². The molecule has 8 heteroatoms. The molecular formula is C25H35N3O5. The van der Waals surface area contributed by atoms with E-state index in [-0.39, 0.29) is 24.3 Å². The van der Waals surface area contributed by atoms with Crippen LogP contribution in [-0.4, -0.2) is 63.2 Å². The summed E-state index contributed by atoms with van der Waals surface area (Å²) in [7, 11) is 0. The first-order valence-electron chi connectivity index (χ1n) is 11.8. The number of carbonyl (C=O) groups is 3. The topological polar surface area (TPSA) is 108 Å². The Labute approximate surface area is 195 Å². The minimum absolute atomic E-state index is 0.267. The van der Waals surface area contributed by atoms with Crippen LogP contribution in [-0.2, 0) is 19.1 Å². The summed E-state index contributed by atoms with van der Waals surface area (Å²) in [6, 6.07) is 7.66. The van der Waals surface area contributed by atoms with Crippen molar-refractivity contribution in [3.8, 4) is 0 Å². The lowest BCUT2D eigenvalue weighted by Crippen LogP contribution is -2.60. The van der Waals surface area contributed by atoms with Gasteiger partial charge in [0.2, 0.25) is 17.7 Å². The maximum Gasteiger partial charge on any atom is 0.246 e. The Morgan fingerprint density at radius 1 is 1.21 bits per heavy atom. The predicted octanol–water partition coefficient (Wildman–Crippen LogP) is 2.08. The Hall–Kier alpha value is -2.45. The highest BCUT2D eigenvalue weighted by molar-refractivity contribution is 6.02. The quantitative estimate of drug-likeness (QED) is 0.606. The van der Waals surface area contributed by atoms with Gasteiger partial charge in [-0.25, -0.2) is 0 Å². The summed E-state index contributed by atoms with van der Waals surface area (Å²) in [5.41, 5.74) is -1.75. The van der Waals surface area contributed by atoms with Crippen LogP contribution in [0.5, 0.6) is 0 Å². The molecule has 1 spiro atoms. The fourth-order valence-corrected chi connectivity index (χ4v) is 6.10. The minimum Gasteiger partial charge on any atom is -0.394 e. The Kier molecular flexibility index (Phi) is 5.81. The number of hydrogen-bond donors (Lipinski definition) is 3. The van der Waals surface area contributed by atoms with E-state index in [0.29, 0.717) is 24.9 Å². The number of anilines is 1. The molecule has 3 amide bonds. The number of likely N-dealkylation sites (tertiary alicyclic amines) is 1. The lowest BCUT2D eigenvalue weighted by molar-refractivity contribution is -0.150. The molecule has 0 aromatic heterocycles. The number of fused-ring (bicyclic) bond motifs is 1. The molecular weight excluding hydrogens is 422 g/mol. The summed E-state index contributed by atoms with van der Waals surface area (Å²) in [5.74, 6) is -2.37. The average Bonchev–Trinajstić information content (AvgIpc) is 3.36. The monoisotopic (exact) mass is 457 g/mol. The molecule has 3 aliphatic rings. The van der Waals surface area contributed by atoms with Crippen LogP contribution >= 0.6 is 0 Å². The molecule has 2 bridgehead atoms. The van der Waals surface area contributed by atoms with E-state index in [1.54, 1.807) is 19.1 Å². The number of ether oxygens (including phenoxy) is 1. The maximum absolute atomic E-state index is 13.9. The highest BCUT2D eigenvalue weighted by Gasteiger charge is 2.79. The number of nitrogens with one attached hydrogen (secondary N) is 2. The van der Waals surface area contributed by atoms with Crippen LogP contribution in [0.4, 0.5) is 5.69 Å². The van der Waals surface area contributed by atoms with E-state index in [4.69, 9.17) is 4.74 Å². The highest BCUT2D eigenvalue weighted by atomic mass is 16.5. The first-order valence-corrected chi connectivity index (χ1v) is 11.8. The van der Waals surface area contributed by atoms with E-state index in [9.17, 15) is 19.5 Å². The highest BCUT2D eigenvalue weighted by Crippen LogP contribution is 2.64. The second-order valence-electron chi connectivity index (χ2n) is 10.7. The number of carbonyl (C=O) groups excluding carboxylic acids is 3. The molecule has 4 rings (SSSR count). The minimum atomic E-state index is -1.09. The molecule has 8 nitrogen and oxygen atoms in total. The first-order chi connectivity index (χ1) is 15.5. The van der Waals surface area contributed by atoms with Gasteiger partial charge in [-0.1, -0.05) is 25.1 Å². The lowest BCUT2D eigenvalue weighted by atomic mass is 9.65. The van der Waals surface area contributed by atoms with Crippen LogP contribution in [0.3, 0.4) is 0 Å². The third kappa shape index (κ3) is 3.64. The third-order valence-corrected chi connectivity index (χ3v) is 7.43. The van der Waals surface area contributed by atoms with Crippen molar-refractivity contribution in [3.05, 3.63) is 30.3 Å². The van der Waals surface area contributed by atoms with Crippen molar-refractivity contribution in [2.45, 2.75) is 82.7 Å². The van der Waals surface area contributed by atoms with Gasteiger partial charge in [0.15, 0.2) is 0 Å². The average molecular weight is 458 g/mol. The van der Waals surface area contributed by atoms with Gasteiger partial charge in [0, 0.05) is 11.2 Å². The van der Waals surface area contributed by atoms with Gasteiger partial charge < -0.3 is 25.4 Å². The van der Waals surface area contributed by atoms with Gasteiger partial charge in [-0.3, -0.25) is 14.4 Å². The maximum atomic E-state index is 13.9. The largest absolute Gasteiger partial charge is 0.394 e. The molecule has 3 fully saturated rings. The van der Waals surface area contributed by atoms with Crippen molar-refractivity contribution in [2.24, 2.45) is 11.8 Å². The van der Waals surface area contributed by atoms with Gasteiger partial charge in [0.05, 0.1) is 30.1 Å². The normalized spacial score (nSPS) is 33.7. The number of nitrogens with zero attached hydrogens (tertiary/aromatic N) is 1. The SMILES string of the molecule is CC[C@]12CCC3(O1)C(C(=O)NC(C)(C)C)N([C@H](C)CO)C(=O)[C@@H]3[C@H]2C(=O)Nc1ccccc1. The van der Waals surface area contributed by atoms with Gasteiger partial charge in [-0.15, -0.1) is 0 Å². The van der Waals surface area contributed by atoms with Gasteiger partial charge >= 0.3 is 0 Å². The number of hydrogen-bond acceptors (Lipinski definition) is 5. The number of rotatable bonds is 6. The molecule has 2 unspecified atom stereocenters. The second-order valence-corrected chi connectivity index (χ2v) is 10.7. The summed E-state index contributed by atoms with van der Waals surface area (Å²) >= 11 is 0. The fraction of sp³-hybridized carbons (Fsp3) is 0.640. The summed E-state index contributed by atoms with van der Waals surface area (Å²) in [5, 5.41) is 15.9. The van der Waals surface area contributed by atoms with Crippen LogP contribution in [0, 0.1) is 11.8 Å². The van der Waals surface area contributed by atoms with E-state index < -0.39 is 40.7 Å². The Bertz CT molecular complexity index is 945. The molecule has 3 N–H and O–H groups in total. The smallest absolute Gasteiger partial charge is 0.246 e. The number of amides is 3. The van der Waals surface area contributed by atoms with E-state index in [0.717, 1.165) is 0 Å². The van der Waals surface area contributed by atoms with Gasteiger partial charge in [-0.2, -0.15) is 0 Å². The summed E-state index contributed by atoms with van der Waals surface area (Å²) in [4.78, 5) is 42.5. The van der Waals surface area contributed by atoms with Gasteiger partial charge in [0.25, 0.3) is 0 Å². The lowest BCUT2D eigenvalue weighted by Gasteiger charge is -2.37. The zero-order valence-electron chi connectivity index (χ0n) is 20.1. The van der Waals surface area contributed by atoms with E-state index in [1.165, 1.54) is 4.90 Å². The molecule has 1 aromatic rings. The summed E-state index contributed by atoms with van der Waals surface area (Å²) in [6.45, 7) is 9.04. The van der Waals surface area contributed by atoms with Crippen LogP contribution in [0.25, 0.3) is 0 Å². The van der Waals surface area contributed by atoms with Crippen molar-refractivity contribution in [1.29, 1.82) is 0 Å². The second kappa shape index (κ2) is 8.09. The van der Waals surface area contributed by atoms with Gasteiger partial charge in [-0.05, 0) is 59.1 Å². The molecule has 0 radical (unpaired) electrons. The molecule has 33 heavy (non-hydrogen) atoms. The van der Waals surface area contributed by atoms with Crippen LogP contribution in [0.15, 0.2) is 30.3 Å². The fourth-order valence-electron chi connectivity index (χ4n) is 6.10. The number of benzene rings is 1. The Morgan fingerprint density at radius 2 is 1.88 bits per heavy atom. The Morgan fingerprint density at radius 3 is 2.45 bits per heavy atom. The number of aliphatic hydroxyl groups is 1. The predicted molar refractivity (Wildman–Crippen MR) is 123 cm³/mol. The molecule has 6 atom stereocenters. The molecule has 180 valence electrons. The van der Waals surface area contributed by atoms with Crippen LogP contribution in [0.2, 0.25) is 0 Å². The molecule has 3 heterocycles. The van der Waals surface area contributed by atoms with E-state index >= 15 is 0 Å². The van der Waals surface area contributed by atoms with Crippen molar-refractivity contribution in [3.63, 3.8) is 0 Å².